The van der Waals surface area contributed by atoms with Crippen molar-refractivity contribution in [1.29, 1.82) is 0 Å². The molecule has 1 aromatic rings. The Kier molecular flexibility index (Phi) is 13.6. The summed E-state index contributed by atoms with van der Waals surface area (Å²) >= 11 is 0. The summed E-state index contributed by atoms with van der Waals surface area (Å²) in [5, 5.41) is 7.00. The summed E-state index contributed by atoms with van der Waals surface area (Å²) in [6.07, 6.45) is 6.65. The molecule has 1 aromatic heterocycles. The van der Waals surface area contributed by atoms with Crippen LogP contribution in [0.15, 0.2) is 27.8 Å². The zero-order valence-electron chi connectivity index (χ0n) is 18.8. The molecule has 2 atom stereocenters. The third kappa shape index (κ3) is 9.26. The maximum Gasteiger partial charge on any atom is 0.191 e. The molecule has 0 aliphatic carbocycles. The molecule has 29 heavy (non-hydrogen) atoms. The first-order valence-electron chi connectivity index (χ1n) is 11.2. The third-order valence-corrected chi connectivity index (χ3v) is 5.61. The number of furan rings is 1. The number of rotatable bonds is 12. The van der Waals surface area contributed by atoms with Crippen molar-refractivity contribution in [2.24, 2.45) is 4.99 Å². The van der Waals surface area contributed by atoms with Crippen molar-refractivity contribution < 1.29 is 4.42 Å². The molecule has 6 nitrogen and oxygen atoms in total. The number of hydrogen-bond acceptors (Lipinski definition) is 4. The highest BCUT2D eigenvalue weighted by Gasteiger charge is 2.25. The van der Waals surface area contributed by atoms with Gasteiger partial charge in [0.15, 0.2) is 5.96 Å². The number of aliphatic imine (C=N–C) groups is 1. The lowest BCUT2D eigenvalue weighted by molar-refractivity contribution is 0.221. The first-order valence-corrected chi connectivity index (χ1v) is 11.2. The Balaban J connectivity index is 0.00000420. The molecule has 2 unspecified atom stereocenters. The Morgan fingerprint density at radius 2 is 1.97 bits per heavy atom. The molecule has 2 heterocycles. The van der Waals surface area contributed by atoms with Crippen LogP contribution in [0.3, 0.4) is 0 Å². The average Bonchev–Trinajstić information content (AvgIpc) is 3.40. The molecule has 1 aliphatic rings. The van der Waals surface area contributed by atoms with Crippen LogP contribution in [0.5, 0.6) is 0 Å². The number of nitrogens with one attached hydrogen (secondary N) is 2. The smallest absolute Gasteiger partial charge is 0.191 e. The summed E-state index contributed by atoms with van der Waals surface area (Å²) in [6.45, 7) is 16.1. The van der Waals surface area contributed by atoms with Crippen molar-refractivity contribution in [3.05, 3.63) is 24.2 Å². The minimum absolute atomic E-state index is 0. The topological polar surface area (TPSA) is 56.0 Å². The zero-order chi connectivity index (χ0) is 20.2. The van der Waals surface area contributed by atoms with Gasteiger partial charge in [-0.2, -0.15) is 0 Å². The number of nitrogens with zero attached hydrogens (tertiary/aromatic N) is 3. The van der Waals surface area contributed by atoms with E-state index in [-0.39, 0.29) is 30.0 Å². The van der Waals surface area contributed by atoms with E-state index in [1.165, 1.54) is 25.8 Å². The fourth-order valence-corrected chi connectivity index (χ4v) is 3.88. The molecule has 0 amide bonds. The SMILES string of the molecule is CCNC(=NCC(c1ccco1)N1CCCC1)NC(C)CCCN(CC)CC.I. The molecular formula is C22H42IN5O. The first kappa shape index (κ1) is 26.2. The predicted octanol–water partition coefficient (Wildman–Crippen LogP) is 4.10. The van der Waals surface area contributed by atoms with Crippen LogP contribution in [-0.4, -0.2) is 67.6 Å². The highest BCUT2D eigenvalue weighted by atomic mass is 127. The molecule has 1 fully saturated rings. The van der Waals surface area contributed by atoms with Crippen molar-refractivity contribution in [2.45, 2.75) is 65.5 Å². The summed E-state index contributed by atoms with van der Waals surface area (Å²) in [6, 6.07) is 4.69. The van der Waals surface area contributed by atoms with Gasteiger partial charge in [0, 0.05) is 12.6 Å². The molecule has 1 saturated heterocycles. The van der Waals surface area contributed by atoms with Gasteiger partial charge >= 0.3 is 0 Å². The van der Waals surface area contributed by atoms with Gasteiger partial charge in [-0.05, 0) is 84.4 Å². The molecule has 0 spiro atoms. The standard InChI is InChI=1S/C22H41N5O.HI/c1-5-23-22(25-19(4)12-10-14-26(6-2)7-3)24-18-20(21-13-11-17-28-21)27-15-8-9-16-27;/h11,13,17,19-20H,5-10,12,14-16,18H2,1-4H3,(H2,23,24,25);1H. The van der Waals surface area contributed by atoms with E-state index < -0.39 is 0 Å². The Morgan fingerprint density at radius 1 is 1.24 bits per heavy atom. The van der Waals surface area contributed by atoms with E-state index in [1.54, 1.807) is 6.26 Å². The van der Waals surface area contributed by atoms with Crippen molar-refractivity contribution in [2.75, 3.05) is 45.8 Å². The molecule has 2 rings (SSSR count). The fraction of sp³-hybridized carbons (Fsp3) is 0.773. The van der Waals surface area contributed by atoms with Gasteiger partial charge in [-0.1, -0.05) is 13.8 Å². The Hall–Kier alpha value is -0.800. The lowest BCUT2D eigenvalue weighted by atomic mass is 10.1. The van der Waals surface area contributed by atoms with Gasteiger partial charge in [-0.3, -0.25) is 9.89 Å². The van der Waals surface area contributed by atoms with Crippen LogP contribution in [0.25, 0.3) is 0 Å². The number of likely N-dealkylation sites (tertiary alicyclic amines) is 1. The van der Waals surface area contributed by atoms with E-state index in [2.05, 4.69) is 54.2 Å². The van der Waals surface area contributed by atoms with Gasteiger partial charge in [0.1, 0.15) is 5.76 Å². The maximum atomic E-state index is 5.72. The van der Waals surface area contributed by atoms with E-state index in [0.29, 0.717) is 6.04 Å². The minimum Gasteiger partial charge on any atom is -0.468 e. The first-order chi connectivity index (χ1) is 13.7. The van der Waals surface area contributed by atoms with Crippen LogP contribution in [0.4, 0.5) is 0 Å². The van der Waals surface area contributed by atoms with Gasteiger partial charge < -0.3 is 20.0 Å². The van der Waals surface area contributed by atoms with Crippen molar-refractivity contribution in [1.82, 2.24) is 20.4 Å². The molecule has 2 N–H and O–H groups in total. The Bertz CT molecular complexity index is 541. The number of halogens is 1. The lowest BCUT2D eigenvalue weighted by Gasteiger charge is -2.25. The van der Waals surface area contributed by atoms with Gasteiger partial charge in [-0.25, -0.2) is 0 Å². The second kappa shape index (κ2) is 15.1. The summed E-state index contributed by atoms with van der Waals surface area (Å²) in [7, 11) is 0. The van der Waals surface area contributed by atoms with Crippen molar-refractivity contribution in [3.8, 4) is 0 Å². The van der Waals surface area contributed by atoms with Gasteiger partial charge in [-0.15, -0.1) is 24.0 Å². The monoisotopic (exact) mass is 519 g/mol. The number of guanidine groups is 1. The lowest BCUT2D eigenvalue weighted by Crippen LogP contribution is -2.43. The summed E-state index contributed by atoms with van der Waals surface area (Å²) in [5.74, 6) is 1.93. The van der Waals surface area contributed by atoms with Gasteiger partial charge in [0.2, 0.25) is 0 Å². The highest BCUT2D eigenvalue weighted by Crippen LogP contribution is 2.25. The molecule has 0 saturated carbocycles. The molecule has 0 bridgehead atoms. The zero-order valence-corrected chi connectivity index (χ0v) is 21.2. The van der Waals surface area contributed by atoms with Crippen LogP contribution < -0.4 is 10.6 Å². The minimum atomic E-state index is 0. The molecule has 0 radical (unpaired) electrons. The van der Waals surface area contributed by atoms with Gasteiger partial charge in [0.25, 0.3) is 0 Å². The van der Waals surface area contributed by atoms with Crippen molar-refractivity contribution in [3.63, 3.8) is 0 Å². The molecule has 7 heteroatoms. The van der Waals surface area contributed by atoms with Crippen LogP contribution in [-0.2, 0) is 0 Å². The van der Waals surface area contributed by atoms with E-state index in [4.69, 9.17) is 9.41 Å². The van der Waals surface area contributed by atoms with E-state index in [0.717, 1.165) is 57.4 Å². The van der Waals surface area contributed by atoms with Gasteiger partial charge in [0.05, 0.1) is 18.8 Å². The molecule has 1 aliphatic heterocycles. The second-order valence-electron chi connectivity index (χ2n) is 7.71. The third-order valence-electron chi connectivity index (χ3n) is 5.61. The summed E-state index contributed by atoms with van der Waals surface area (Å²) in [4.78, 5) is 9.89. The molecular weight excluding hydrogens is 477 g/mol. The maximum absolute atomic E-state index is 5.72. The predicted molar refractivity (Wildman–Crippen MR) is 133 cm³/mol. The fourth-order valence-electron chi connectivity index (χ4n) is 3.88. The highest BCUT2D eigenvalue weighted by molar-refractivity contribution is 14.0. The van der Waals surface area contributed by atoms with Crippen LogP contribution in [0, 0.1) is 0 Å². The van der Waals surface area contributed by atoms with E-state index >= 15 is 0 Å². The summed E-state index contributed by atoms with van der Waals surface area (Å²) < 4.78 is 5.72. The second-order valence-corrected chi connectivity index (χ2v) is 7.71. The average molecular weight is 520 g/mol. The van der Waals surface area contributed by atoms with Crippen LogP contribution in [0.1, 0.15) is 65.2 Å². The van der Waals surface area contributed by atoms with E-state index in [1.807, 2.05) is 6.07 Å². The van der Waals surface area contributed by atoms with Crippen LogP contribution >= 0.6 is 24.0 Å². The van der Waals surface area contributed by atoms with E-state index in [9.17, 15) is 0 Å². The molecule has 0 aromatic carbocycles. The largest absolute Gasteiger partial charge is 0.468 e. The Labute approximate surface area is 194 Å². The summed E-state index contributed by atoms with van der Waals surface area (Å²) in [5.41, 5.74) is 0. The normalized spacial score (nSPS) is 17.2. The number of hydrogen-bond donors (Lipinski definition) is 2. The molecule has 168 valence electrons. The Morgan fingerprint density at radius 3 is 2.55 bits per heavy atom. The quantitative estimate of drug-likeness (QED) is 0.248. The van der Waals surface area contributed by atoms with Crippen LogP contribution in [0.2, 0.25) is 0 Å². The van der Waals surface area contributed by atoms with Crippen molar-refractivity contribution >= 4 is 29.9 Å².